The Morgan fingerprint density at radius 3 is 2.68 bits per heavy atom. The Balaban J connectivity index is 1.65. The van der Waals surface area contributed by atoms with Crippen LogP contribution in [-0.4, -0.2) is 25.5 Å². The third kappa shape index (κ3) is 3.76. The number of hydrogen-bond acceptors (Lipinski definition) is 5. The third-order valence-electron chi connectivity index (χ3n) is 4.26. The van der Waals surface area contributed by atoms with Gasteiger partial charge in [0, 0.05) is 22.7 Å². The van der Waals surface area contributed by atoms with Crippen molar-refractivity contribution in [3.05, 3.63) is 64.4 Å². The predicted molar refractivity (Wildman–Crippen MR) is 112 cm³/mol. The number of pyridine rings is 1. The number of benzene rings is 1. The molecular formula is C20H18ClN5OS. The van der Waals surface area contributed by atoms with Crippen molar-refractivity contribution in [2.75, 3.05) is 5.32 Å². The number of nitrogens with zero attached hydrogens (tertiary/aromatic N) is 4. The monoisotopic (exact) mass is 411 g/mol. The van der Waals surface area contributed by atoms with Gasteiger partial charge in [0.25, 0.3) is 0 Å². The molecule has 28 heavy (non-hydrogen) atoms. The van der Waals surface area contributed by atoms with Crippen molar-refractivity contribution >= 4 is 39.6 Å². The lowest BCUT2D eigenvalue weighted by Crippen LogP contribution is -2.16. The highest BCUT2D eigenvalue weighted by Crippen LogP contribution is 2.27. The summed E-state index contributed by atoms with van der Waals surface area (Å²) >= 11 is 7.41. The minimum atomic E-state index is -0.160. The second-order valence-corrected chi connectivity index (χ2v) is 8.11. The number of hydrogen-bond donors (Lipinski definition) is 1. The van der Waals surface area contributed by atoms with Crippen molar-refractivity contribution in [1.29, 1.82) is 0 Å². The van der Waals surface area contributed by atoms with Crippen molar-refractivity contribution in [3.63, 3.8) is 0 Å². The van der Waals surface area contributed by atoms with E-state index in [9.17, 15) is 4.79 Å². The number of nitrogens with one attached hydrogen (secondary N) is 1. The highest BCUT2D eigenvalue weighted by molar-refractivity contribution is 7.15. The molecule has 0 unspecified atom stereocenters. The van der Waals surface area contributed by atoms with Gasteiger partial charge in [-0.25, -0.2) is 4.98 Å². The molecule has 8 heteroatoms. The number of halogens is 1. The summed E-state index contributed by atoms with van der Waals surface area (Å²) in [6.45, 7) is 4.09. The summed E-state index contributed by atoms with van der Waals surface area (Å²) in [6.07, 6.45) is 2.08. The number of fused-ring (bicyclic) bond motifs is 1. The Morgan fingerprint density at radius 2 is 1.96 bits per heavy atom. The fourth-order valence-electron chi connectivity index (χ4n) is 2.89. The molecule has 0 atom stereocenters. The quantitative estimate of drug-likeness (QED) is 0.511. The second kappa shape index (κ2) is 7.69. The maximum Gasteiger partial charge on any atom is 0.232 e. The zero-order valence-electron chi connectivity index (χ0n) is 15.4. The molecule has 0 aliphatic heterocycles. The molecule has 4 aromatic rings. The molecule has 3 aromatic heterocycles. The minimum absolute atomic E-state index is 0.160. The first-order valence-electron chi connectivity index (χ1n) is 8.86. The van der Waals surface area contributed by atoms with Crippen molar-refractivity contribution < 1.29 is 4.79 Å². The van der Waals surface area contributed by atoms with Crippen LogP contribution < -0.4 is 5.32 Å². The molecular weight excluding hydrogens is 394 g/mol. The number of carbonyl (C=O) groups excluding carboxylic acids is 1. The molecule has 0 radical (unpaired) electrons. The van der Waals surface area contributed by atoms with Crippen LogP contribution in [0.1, 0.15) is 30.5 Å². The fourth-order valence-corrected chi connectivity index (χ4v) is 3.78. The number of imidazole rings is 1. The fraction of sp³-hybridized carbons (Fsp3) is 0.200. The topological polar surface area (TPSA) is 72.2 Å². The van der Waals surface area contributed by atoms with Crippen LogP contribution >= 0.6 is 22.9 Å². The van der Waals surface area contributed by atoms with Crippen molar-refractivity contribution in [1.82, 2.24) is 19.6 Å². The van der Waals surface area contributed by atoms with E-state index in [4.69, 9.17) is 16.6 Å². The molecule has 0 fully saturated rings. The molecule has 3 heterocycles. The first-order valence-corrected chi connectivity index (χ1v) is 10.1. The summed E-state index contributed by atoms with van der Waals surface area (Å²) in [5.74, 6) is 0.116. The van der Waals surface area contributed by atoms with Crippen molar-refractivity contribution in [2.45, 2.75) is 26.2 Å². The number of anilines is 1. The van der Waals surface area contributed by atoms with Gasteiger partial charge < -0.3 is 9.72 Å². The first-order chi connectivity index (χ1) is 13.5. The van der Waals surface area contributed by atoms with E-state index in [0.29, 0.717) is 10.2 Å². The second-order valence-electron chi connectivity index (χ2n) is 6.67. The minimum Gasteiger partial charge on any atom is -0.303 e. The van der Waals surface area contributed by atoms with Gasteiger partial charge in [0.2, 0.25) is 11.0 Å². The van der Waals surface area contributed by atoms with E-state index in [1.54, 1.807) is 0 Å². The molecule has 0 aliphatic carbocycles. The average molecular weight is 412 g/mol. The van der Waals surface area contributed by atoms with E-state index >= 15 is 0 Å². The molecule has 0 aliphatic rings. The van der Waals surface area contributed by atoms with E-state index in [2.05, 4.69) is 15.5 Å². The maximum absolute atomic E-state index is 12.7. The number of rotatable bonds is 5. The number of aromatic nitrogens is 4. The number of amides is 1. The largest absolute Gasteiger partial charge is 0.303 e. The normalized spacial score (nSPS) is 11.3. The summed E-state index contributed by atoms with van der Waals surface area (Å²) in [5.41, 5.74) is 3.27. The van der Waals surface area contributed by atoms with Gasteiger partial charge in [-0.2, -0.15) is 0 Å². The summed E-state index contributed by atoms with van der Waals surface area (Å²) in [4.78, 5) is 17.4. The lowest BCUT2D eigenvalue weighted by Gasteiger charge is -2.06. The molecule has 142 valence electrons. The predicted octanol–water partition coefficient (Wildman–Crippen LogP) is 4.81. The molecule has 1 amide bonds. The SMILES string of the molecule is CC(C)c1nnc(NC(=O)Cc2c(-c3ccc(Cl)cc3)nc3ccccn23)s1. The van der Waals surface area contributed by atoms with Crippen LogP contribution in [0.15, 0.2) is 48.7 Å². The highest BCUT2D eigenvalue weighted by Gasteiger charge is 2.18. The van der Waals surface area contributed by atoms with E-state index in [-0.39, 0.29) is 18.2 Å². The molecule has 0 saturated heterocycles. The Morgan fingerprint density at radius 1 is 1.18 bits per heavy atom. The summed E-state index contributed by atoms with van der Waals surface area (Å²) in [6, 6.07) is 13.2. The van der Waals surface area contributed by atoms with E-state index in [0.717, 1.165) is 27.6 Å². The van der Waals surface area contributed by atoms with Crippen LogP contribution in [0.4, 0.5) is 5.13 Å². The zero-order chi connectivity index (χ0) is 19.7. The molecule has 0 saturated carbocycles. The van der Waals surface area contributed by atoms with Gasteiger partial charge in [-0.1, -0.05) is 55.0 Å². The van der Waals surface area contributed by atoms with Gasteiger partial charge in [0.1, 0.15) is 10.7 Å². The number of carbonyl (C=O) groups is 1. The summed E-state index contributed by atoms with van der Waals surface area (Å²) < 4.78 is 1.93. The van der Waals surface area contributed by atoms with Crippen LogP contribution in [-0.2, 0) is 11.2 Å². The zero-order valence-corrected chi connectivity index (χ0v) is 17.0. The molecule has 1 aromatic carbocycles. The standard InChI is InChI=1S/C20H18ClN5OS/c1-12(2)19-24-25-20(28-19)23-17(27)11-15-18(13-6-8-14(21)9-7-13)22-16-5-3-4-10-26(15)16/h3-10,12H,11H2,1-2H3,(H,23,25,27). The first kappa shape index (κ1) is 18.6. The van der Waals surface area contributed by atoms with Gasteiger partial charge in [-0.3, -0.25) is 4.79 Å². The van der Waals surface area contributed by atoms with Crippen LogP contribution in [0, 0.1) is 0 Å². The Bertz CT molecular complexity index is 1130. The highest BCUT2D eigenvalue weighted by atomic mass is 35.5. The van der Waals surface area contributed by atoms with Crippen LogP contribution in [0.5, 0.6) is 0 Å². The van der Waals surface area contributed by atoms with Crippen LogP contribution in [0.2, 0.25) is 5.02 Å². The molecule has 6 nitrogen and oxygen atoms in total. The van der Waals surface area contributed by atoms with Crippen LogP contribution in [0.3, 0.4) is 0 Å². The summed E-state index contributed by atoms with van der Waals surface area (Å²) in [5, 5.41) is 13.1. The molecule has 0 bridgehead atoms. The van der Waals surface area contributed by atoms with Crippen molar-refractivity contribution in [3.8, 4) is 11.3 Å². The lowest BCUT2D eigenvalue weighted by molar-refractivity contribution is -0.115. The molecule has 4 rings (SSSR count). The van der Waals surface area contributed by atoms with E-state index < -0.39 is 0 Å². The van der Waals surface area contributed by atoms with E-state index in [1.807, 2.05) is 66.9 Å². The maximum atomic E-state index is 12.7. The Hall–Kier alpha value is -2.77. The smallest absolute Gasteiger partial charge is 0.232 e. The lowest BCUT2D eigenvalue weighted by atomic mass is 10.1. The third-order valence-corrected chi connectivity index (χ3v) is 5.65. The van der Waals surface area contributed by atoms with Gasteiger partial charge in [0.15, 0.2) is 0 Å². The Labute approximate surface area is 171 Å². The molecule has 0 spiro atoms. The van der Waals surface area contributed by atoms with Crippen LogP contribution in [0.25, 0.3) is 16.9 Å². The van der Waals surface area contributed by atoms with Gasteiger partial charge in [0.05, 0.1) is 17.8 Å². The van der Waals surface area contributed by atoms with Gasteiger partial charge >= 0.3 is 0 Å². The molecule has 1 N–H and O–H groups in total. The summed E-state index contributed by atoms with van der Waals surface area (Å²) in [7, 11) is 0. The van der Waals surface area contributed by atoms with Gasteiger partial charge in [-0.15, -0.1) is 10.2 Å². The Kier molecular flexibility index (Phi) is 5.11. The van der Waals surface area contributed by atoms with E-state index in [1.165, 1.54) is 11.3 Å². The average Bonchev–Trinajstić information content (AvgIpc) is 3.28. The van der Waals surface area contributed by atoms with Gasteiger partial charge in [-0.05, 0) is 24.3 Å². The van der Waals surface area contributed by atoms with Crippen molar-refractivity contribution in [2.24, 2.45) is 0 Å².